The lowest BCUT2D eigenvalue weighted by molar-refractivity contribution is -0.182. The smallest absolute Gasteiger partial charge is 0.337 e. The molecule has 1 aromatic carbocycles. The minimum absolute atomic E-state index is 0.0170. The van der Waals surface area contributed by atoms with Gasteiger partial charge in [-0.2, -0.15) is 0 Å². The molecule has 0 saturated carbocycles. The van der Waals surface area contributed by atoms with E-state index in [0.29, 0.717) is 0 Å². The molecule has 1 aliphatic rings. The molecule has 2 N–H and O–H groups in total. The van der Waals surface area contributed by atoms with Gasteiger partial charge < -0.3 is 19.8 Å². The third-order valence-corrected chi connectivity index (χ3v) is 3.10. The van der Waals surface area contributed by atoms with Crippen molar-refractivity contribution in [3.05, 3.63) is 29.8 Å². The first-order valence-electron chi connectivity index (χ1n) is 5.84. The zero-order valence-corrected chi connectivity index (χ0v) is 10.5. The van der Waals surface area contributed by atoms with Crippen LogP contribution < -0.4 is 0 Å². The number of ether oxygens (including phenoxy) is 1. The number of rotatable bonds is 3. The molecule has 1 heterocycles. The molecule has 0 aromatic heterocycles. The number of aromatic hydroxyl groups is 1. The number of phenolic OH excluding ortho intramolecular Hbond substituents is 1. The summed E-state index contributed by atoms with van der Waals surface area (Å²) in [6, 6.07) is 6.51. The number of morpholine rings is 1. The van der Waals surface area contributed by atoms with Gasteiger partial charge in [0.1, 0.15) is 12.4 Å². The fourth-order valence-electron chi connectivity index (χ4n) is 1.96. The highest BCUT2D eigenvalue weighted by molar-refractivity contribution is 5.83. The Balaban J connectivity index is 2.14. The molecule has 0 spiro atoms. The van der Waals surface area contributed by atoms with E-state index in [4.69, 9.17) is 9.84 Å². The third kappa shape index (κ3) is 2.85. The number of hydrogen-bond acceptors (Lipinski definition) is 4. The molecule has 0 radical (unpaired) electrons. The van der Waals surface area contributed by atoms with Gasteiger partial charge in [-0.05, 0) is 24.6 Å². The quantitative estimate of drug-likeness (QED) is 0.835. The number of phenols is 1. The average Bonchev–Trinajstić information content (AvgIpc) is 2.34. The summed E-state index contributed by atoms with van der Waals surface area (Å²) in [7, 11) is 0. The van der Waals surface area contributed by atoms with Gasteiger partial charge in [0.25, 0.3) is 0 Å². The molecular weight excluding hydrogens is 250 g/mol. The fraction of sp³-hybridized carbons (Fsp3) is 0.385. The van der Waals surface area contributed by atoms with E-state index in [2.05, 4.69) is 0 Å². The molecule has 2 rings (SSSR count). The van der Waals surface area contributed by atoms with Crippen molar-refractivity contribution in [2.24, 2.45) is 0 Å². The Kier molecular flexibility index (Phi) is 3.44. The Morgan fingerprint density at radius 1 is 1.53 bits per heavy atom. The standard InChI is InChI=1S/C13H15NO5/c1-13(12(17)18)8-14(11(16)7-19-13)6-9-3-2-4-10(15)5-9/h2-5,15H,6-8H2,1H3,(H,17,18). The lowest BCUT2D eigenvalue weighted by atomic mass is 10.0. The maximum atomic E-state index is 11.7. The summed E-state index contributed by atoms with van der Waals surface area (Å²) in [5.41, 5.74) is -0.645. The molecule has 1 aromatic rings. The minimum atomic E-state index is -1.38. The topological polar surface area (TPSA) is 87.1 Å². The van der Waals surface area contributed by atoms with Gasteiger partial charge in [-0.25, -0.2) is 4.79 Å². The van der Waals surface area contributed by atoms with Crippen LogP contribution in [0.3, 0.4) is 0 Å². The average molecular weight is 265 g/mol. The maximum absolute atomic E-state index is 11.7. The summed E-state index contributed by atoms with van der Waals surface area (Å²) >= 11 is 0. The SMILES string of the molecule is CC1(C(=O)O)CN(Cc2cccc(O)c2)C(=O)CO1. The van der Waals surface area contributed by atoms with E-state index >= 15 is 0 Å². The minimum Gasteiger partial charge on any atom is -0.508 e. The molecule has 1 aliphatic heterocycles. The van der Waals surface area contributed by atoms with Gasteiger partial charge >= 0.3 is 5.97 Å². The van der Waals surface area contributed by atoms with E-state index < -0.39 is 11.6 Å². The Labute approximate surface area is 110 Å². The number of benzene rings is 1. The van der Waals surface area contributed by atoms with Gasteiger partial charge in [0.05, 0.1) is 6.54 Å². The summed E-state index contributed by atoms with van der Waals surface area (Å²) in [4.78, 5) is 24.3. The second-order valence-corrected chi connectivity index (χ2v) is 4.74. The number of amides is 1. The first-order valence-corrected chi connectivity index (χ1v) is 5.84. The molecule has 6 nitrogen and oxygen atoms in total. The maximum Gasteiger partial charge on any atom is 0.337 e. The number of hydrogen-bond donors (Lipinski definition) is 2. The molecule has 1 saturated heterocycles. The lowest BCUT2D eigenvalue weighted by Crippen LogP contribution is -2.56. The van der Waals surface area contributed by atoms with Gasteiger partial charge in [0.15, 0.2) is 5.60 Å². The first-order chi connectivity index (χ1) is 8.90. The van der Waals surface area contributed by atoms with Crippen LogP contribution in [0.1, 0.15) is 12.5 Å². The number of aliphatic carboxylic acids is 1. The zero-order valence-electron chi connectivity index (χ0n) is 10.5. The van der Waals surface area contributed by atoms with Crippen LogP contribution in [-0.4, -0.2) is 45.7 Å². The molecule has 0 aliphatic carbocycles. The van der Waals surface area contributed by atoms with E-state index in [-0.39, 0.29) is 31.4 Å². The molecule has 6 heteroatoms. The predicted molar refractivity (Wildman–Crippen MR) is 65.5 cm³/mol. The second kappa shape index (κ2) is 4.89. The van der Waals surface area contributed by atoms with Gasteiger partial charge in [-0.3, -0.25) is 4.79 Å². The summed E-state index contributed by atoms with van der Waals surface area (Å²) in [5.74, 6) is -1.25. The van der Waals surface area contributed by atoms with E-state index in [1.54, 1.807) is 18.2 Å². The number of nitrogens with zero attached hydrogens (tertiary/aromatic N) is 1. The van der Waals surface area contributed by atoms with Crippen LogP contribution in [0.15, 0.2) is 24.3 Å². The summed E-state index contributed by atoms with van der Waals surface area (Å²) in [5, 5.41) is 18.5. The third-order valence-electron chi connectivity index (χ3n) is 3.10. The molecule has 1 atom stereocenters. The molecule has 102 valence electrons. The lowest BCUT2D eigenvalue weighted by Gasteiger charge is -2.37. The van der Waals surface area contributed by atoms with Crippen molar-refractivity contribution < 1.29 is 24.5 Å². The Morgan fingerprint density at radius 3 is 2.89 bits per heavy atom. The Morgan fingerprint density at radius 2 is 2.26 bits per heavy atom. The number of carboxylic acid groups (broad SMARTS) is 1. The van der Waals surface area contributed by atoms with Gasteiger partial charge in [-0.1, -0.05) is 12.1 Å². The Hall–Kier alpha value is -2.08. The largest absolute Gasteiger partial charge is 0.508 e. The highest BCUT2D eigenvalue weighted by Gasteiger charge is 2.42. The fourth-order valence-corrected chi connectivity index (χ4v) is 1.96. The number of carbonyl (C=O) groups excluding carboxylic acids is 1. The van der Waals surface area contributed by atoms with E-state index in [0.717, 1.165) is 5.56 Å². The highest BCUT2D eigenvalue weighted by Crippen LogP contribution is 2.21. The van der Waals surface area contributed by atoms with Crippen molar-refractivity contribution in [1.29, 1.82) is 0 Å². The molecule has 1 fully saturated rings. The van der Waals surface area contributed by atoms with Crippen molar-refractivity contribution in [2.75, 3.05) is 13.2 Å². The normalized spacial score (nSPS) is 23.4. The molecule has 1 unspecified atom stereocenters. The van der Waals surface area contributed by atoms with E-state index in [1.165, 1.54) is 17.9 Å². The van der Waals surface area contributed by atoms with Crippen molar-refractivity contribution >= 4 is 11.9 Å². The van der Waals surface area contributed by atoms with Crippen molar-refractivity contribution in [1.82, 2.24) is 4.90 Å². The van der Waals surface area contributed by atoms with Crippen LogP contribution >= 0.6 is 0 Å². The van der Waals surface area contributed by atoms with E-state index in [1.807, 2.05) is 0 Å². The predicted octanol–water partition coefficient (Wildman–Crippen LogP) is 0.594. The molecule has 19 heavy (non-hydrogen) atoms. The summed E-state index contributed by atoms with van der Waals surface area (Å²) < 4.78 is 5.09. The molecular formula is C13H15NO5. The van der Waals surface area contributed by atoms with Gasteiger partial charge in [0, 0.05) is 6.54 Å². The van der Waals surface area contributed by atoms with Crippen LogP contribution in [0.2, 0.25) is 0 Å². The Bertz CT molecular complexity index is 516. The zero-order chi connectivity index (χ0) is 14.0. The number of carboxylic acids is 1. The summed E-state index contributed by atoms with van der Waals surface area (Å²) in [6.45, 7) is 1.43. The van der Waals surface area contributed by atoms with Crippen LogP contribution in [0, 0.1) is 0 Å². The van der Waals surface area contributed by atoms with Crippen molar-refractivity contribution in [3.8, 4) is 5.75 Å². The van der Waals surface area contributed by atoms with Crippen LogP contribution in [-0.2, 0) is 20.9 Å². The van der Waals surface area contributed by atoms with Gasteiger partial charge in [-0.15, -0.1) is 0 Å². The van der Waals surface area contributed by atoms with Crippen LogP contribution in [0.4, 0.5) is 0 Å². The van der Waals surface area contributed by atoms with Crippen molar-refractivity contribution in [3.63, 3.8) is 0 Å². The van der Waals surface area contributed by atoms with Crippen molar-refractivity contribution in [2.45, 2.75) is 19.1 Å². The monoisotopic (exact) mass is 265 g/mol. The van der Waals surface area contributed by atoms with Gasteiger partial charge in [0.2, 0.25) is 5.91 Å². The number of carbonyl (C=O) groups is 2. The first kappa shape index (κ1) is 13.4. The van der Waals surface area contributed by atoms with Crippen LogP contribution in [0.5, 0.6) is 5.75 Å². The summed E-state index contributed by atoms with van der Waals surface area (Å²) in [6.07, 6.45) is 0. The van der Waals surface area contributed by atoms with Crippen LogP contribution in [0.25, 0.3) is 0 Å². The highest BCUT2D eigenvalue weighted by atomic mass is 16.5. The molecule has 1 amide bonds. The molecule has 0 bridgehead atoms. The van der Waals surface area contributed by atoms with E-state index in [9.17, 15) is 14.7 Å². The second-order valence-electron chi connectivity index (χ2n) is 4.74.